The molecule has 1 aromatic carbocycles. The van der Waals surface area contributed by atoms with Crippen molar-refractivity contribution in [3.05, 3.63) is 48.0 Å². The summed E-state index contributed by atoms with van der Waals surface area (Å²) in [6.07, 6.45) is 1.11. The fraction of sp³-hybridized carbons (Fsp3) is 0.375. The van der Waals surface area contributed by atoms with Gasteiger partial charge in [-0.2, -0.15) is 0 Å². The van der Waals surface area contributed by atoms with E-state index in [0.29, 0.717) is 13.2 Å². The van der Waals surface area contributed by atoms with Crippen LogP contribution >= 0.6 is 0 Å². The van der Waals surface area contributed by atoms with E-state index in [-0.39, 0.29) is 25.0 Å². The van der Waals surface area contributed by atoms with Gasteiger partial charge >= 0.3 is 0 Å². The van der Waals surface area contributed by atoms with Crippen LogP contribution < -0.4 is 5.32 Å². The number of amides is 2. The van der Waals surface area contributed by atoms with Gasteiger partial charge in [-0.3, -0.25) is 9.59 Å². The molecule has 2 aliphatic heterocycles. The maximum absolute atomic E-state index is 14.5. The highest BCUT2D eigenvalue weighted by Gasteiger charge is 2.52. The van der Waals surface area contributed by atoms with Crippen molar-refractivity contribution in [2.45, 2.75) is 18.3 Å². The van der Waals surface area contributed by atoms with E-state index in [1.165, 1.54) is 4.90 Å². The maximum Gasteiger partial charge on any atom is 0.262 e. The molecule has 5 nitrogen and oxygen atoms in total. The summed E-state index contributed by atoms with van der Waals surface area (Å²) in [5.74, 6) is -1.07. The SMILES string of the molecule is C=CC(=O)N1CC(F)(C(=O)NC2COCc3ccccc32)C1. The minimum Gasteiger partial charge on any atom is -0.374 e. The third kappa shape index (κ3) is 2.50. The summed E-state index contributed by atoms with van der Waals surface area (Å²) in [7, 11) is 0. The molecule has 2 amide bonds. The molecule has 3 rings (SSSR count). The predicted molar refractivity (Wildman–Crippen MR) is 77.6 cm³/mol. The molecule has 0 aromatic heterocycles. The monoisotopic (exact) mass is 304 g/mol. The molecule has 0 saturated carbocycles. The first-order valence-corrected chi connectivity index (χ1v) is 7.10. The lowest BCUT2D eigenvalue weighted by Gasteiger charge is -2.43. The summed E-state index contributed by atoms with van der Waals surface area (Å²) in [4.78, 5) is 24.8. The van der Waals surface area contributed by atoms with E-state index >= 15 is 0 Å². The molecule has 0 spiro atoms. The number of ether oxygens (including phenoxy) is 1. The number of carbonyl (C=O) groups is 2. The molecule has 0 aliphatic carbocycles. The third-order valence-corrected chi connectivity index (χ3v) is 4.05. The molecule has 116 valence electrons. The topological polar surface area (TPSA) is 58.6 Å². The number of hydrogen-bond acceptors (Lipinski definition) is 3. The highest BCUT2D eigenvalue weighted by molar-refractivity contribution is 5.93. The largest absolute Gasteiger partial charge is 0.374 e. The van der Waals surface area contributed by atoms with Gasteiger partial charge in [-0.15, -0.1) is 0 Å². The molecule has 0 radical (unpaired) electrons. The molecule has 2 heterocycles. The van der Waals surface area contributed by atoms with Crippen molar-refractivity contribution in [2.75, 3.05) is 19.7 Å². The lowest BCUT2D eigenvalue weighted by molar-refractivity contribution is -0.154. The van der Waals surface area contributed by atoms with Crippen LogP contribution in [0.1, 0.15) is 17.2 Å². The maximum atomic E-state index is 14.5. The zero-order valence-electron chi connectivity index (χ0n) is 12.0. The molecule has 1 N–H and O–H groups in total. The number of benzene rings is 1. The van der Waals surface area contributed by atoms with E-state index in [1.807, 2.05) is 24.3 Å². The van der Waals surface area contributed by atoms with Crippen LogP contribution in [0.15, 0.2) is 36.9 Å². The second-order valence-electron chi connectivity index (χ2n) is 5.60. The van der Waals surface area contributed by atoms with E-state index in [4.69, 9.17) is 4.74 Å². The average Bonchev–Trinajstić information content (AvgIpc) is 2.51. The van der Waals surface area contributed by atoms with E-state index in [0.717, 1.165) is 17.2 Å². The summed E-state index contributed by atoms with van der Waals surface area (Å²) in [6, 6.07) is 7.24. The normalized spacial score (nSPS) is 22.2. The molecule has 1 atom stereocenters. The first-order valence-electron chi connectivity index (χ1n) is 7.10. The van der Waals surface area contributed by atoms with Crippen molar-refractivity contribution >= 4 is 11.8 Å². The van der Waals surface area contributed by atoms with Gasteiger partial charge < -0.3 is 15.0 Å². The van der Waals surface area contributed by atoms with Crippen molar-refractivity contribution in [3.8, 4) is 0 Å². The number of rotatable bonds is 3. The summed E-state index contributed by atoms with van der Waals surface area (Å²) < 4.78 is 19.9. The molecule has 1 unspecified atom stereocenters. The number of carbonyl (C=O) groups excluding carboxylic acids is 2. The van der Waals surface area contributed by atoms with Crippen molar-refractivity contribution < 1.29 is 18.7 Å². The van der Waals surface area contributed by atoms with Crippen LogP contribution in [0.25, 0.3) is 0 Å². The Balaban J connectivity index is 1.66. The zero-order chi connectivity index (χ0) is 15.7. The molecular formula is C16H17FN2O3. The lowest BCUT2D eigenvalue weighted by Crippen LogP contribution is -2.67. The number of alkyl halides is 1. The van der Waals surface area contributed by atoms with E-state index in [1.54, 1.807) is 0 Å². The molecule has 0 bridgehead atoms. The highest BCUT2D eigenvalue weighted by Crippen LogP contribution is 2.29. The van der Waals surface area contributed by atoms with Gasteiger partial charge in [-0.1, -0.05) is 30.8 Å². The fourth-order valence-corrected chi connectivity index (χ4v) is 2.78. The first kappa shape index (κ1) is 14.7. The van der Waals surface area contributed by atoms with Crippen LogP contribution in [-0.4, -0.2) is 42.1 Å². The lowest BCUT2D eigenvalue weighted by atomic mass is 9.93. The first-order chi connectivity index (χ1) is 10.5. The molecule has 2 aliphatic rings. The second kappa shape index (κ2) is 5.53. The number of fused-ring (bicyclic) bond motifs is 1. The molecule has 6 heteroatoms. The minimum absolute atomic E-state index is 0.237. The summed E-state index contributed by atoms with van der Waals surface area (Å²) in [5.41, 5.74) is -0.0986. The Hall–Kier alpha value is -2.21. The van der Waals surface area contributed by atoms with E-state index in [9.17, 15) is 14.0 Å². The Morgan fingerprint density at radius 2 is 2.14 bits per heavy atom. The van der Waals surface area contributed by atoms with Gasteiger partial charge in [0.25, 0.3) is 5.91 Å². The Morgan fingerprint density at radius 3 is 2.86 bits per heavy atom. The second-order valence-corrected chi connectivity index (χ2v) is 5.60. The third-order valence-electron chi connectivity index (χ3n) is 4.05. The summed E-state index contributed by atoms with van der Waals surface area (Å²) in [6.45, 7) is 3.67. The van der Waals surface area contributed by atoms with Crippen LogP contribution in [0.3, 0.4) is 0 Å². The van der Waals surface area contributed by atoms with Crippen LogP contribution in [0.2, 0.25) is 0 Å². The van der Waals surface area contributed by atoms with Gasteiger partial charge in [0, 0.05) is 0 Å². The van der Waals surface area contributed by atoms with Crippen molar-refractivity contribution in [1.29, 1.82) is 0 Å². The zero-order valence-corrected chi connectivity index (χ0v) is 12.0. The van der Waals surface area contributed by atoms with Crippen molar-refractivity contribution in [1.82, 2.24) is 10.2 Å². The average molecular weight is 304 g/mol. The van der Waals surface area contributed by atoms with Crippen LogP contribution in [-0.2, 0) is 20.9 Å². The number of nitrogens with zero attached hydrogens (tertiary/aromatic N) is 1. The number of hydrogen-bond donors (Lipinski definition) is 1. The Kier molecular flexibility index (Phi) is 3.70. The molecule has 1 aromatic rings. The van der Waals surface area contributed by atoms with Gasteiger partial charge in [0.1, 0.15) is 0 Å². The van der Waals surface area contributed by atoms with Gasteiger partial charge in [-0.25, -0.2) is 4.39 Å². The van der Waals surface area contributed by atoms with Gasteiger partial charge in [0.15, 0.2) is 0 Å². The van der Waals surface area contributed by atoms with Gasteiger partial charge in [-0.05, 0) is 17.2 Å². The Morgan fingerprint density at radius 1 is 1.41 bits per heavy atom. The Labute approximate surface area is 127 Å². The molecule has 22 heavy (non-hydrogen) atoms. The number of halogens is 1. The number of likely N-dealkylation sites (tertiary alicyclic amines) is 1. The minimum atomic E-state index is -2.04. The van der Waals surface area contributed by atoms with Crippen molar-refractivity contribution in [3.63, 3.8) is 0 Å². The molecular weight excluding hydrogens is 287 g/mol. The highest BCUT2D eigenvalue weighted by atomic mass is 19.1. The van der Waals surface area contributed by atoms with E-state index in [2.05, 4.69) is 11.9 Å². The van der Waals surface area contributed by atoms with Crippen LogP contribution in [0.5, 0.6) is 0 Å². The summed E-state index contributed by atoms with van der Waals surface area (Å²) in [5, 5.41) is 2.69. The van der Waals surface area contributed by atoms with Crippen molar-refractivity contribution in [2.24, 2.45) is 0 Å². The van der Waals surface area contributed by atoms with Crippen LogP contribution in [0.4, 0.5) is 4.39 Å². The standard InChI is InChI=1S/C16H17FN2O3/c1-2-14(20)19-9-16(17,10-19)15(21)18-13-8-22-7-11-5-3-4-6-12(11)13/h2-6,13H,1,7-10H2,(H,18,21). The summed E-state index contributed by atoms with van der Waals surface area (Å²) >= 11 is 0. The van der Waals surface area contributed by atoms with Gasteiger partial charge in [0.2, 0.25) is 11.6 Å². The molecule has 1 fully saturated rings. The Bertz CT molecular complexity index is 626. The van der Waals surface area contributed by atoms with Gasteiger partial charge in [0.05, 0.1) is 32.3 Å². The van der Waals surface area contributed by atoms with Crippen LogP contribution in [0, 0.1) is 0 Å². The predicted octanol–water partition coefficient (Wildman–Crippen LogP) is 1.11. The van der Waals surface area contributed by atoms with E-state index < -0.39 is 11.6 Å². The number of nitrogens with one attached hydrogen (secondary N) is 1. The smallest absolute Gasteiger partial charge is 0.262 e. The quantitative estimate of drug-likeness (QED) is 0.851. The fourth-order valence-electron chi connectivity index (χ4n) is 2.78. The molecule has 1 saturated heterocycles.